The summed E-state index contributed by atoms with van der Waals surface area (Å²) in [7, 11) is 1.50. The van der Waals surface area contributed by atoms with Crippen molar-refractivity contribution in [3.05, 3.63) is 59.7 Å². The first kappa shape index (κ1) is 18.3. The van der Waals surface area contributed by atoms with Crippen LogP contribution in [0.15, 0.2) is 48.5 Å². The lowest BCUT2D eigenvalue weighted by atomic mass is 10.1. The molecule has 2 N–H and O–H groups in total. The Hall–Kier alpha value is -3.03. The Labute approximate surface area is 141 Å². The third-order valence-corrected chi connectivity index (χ3v) is 3.31. The van der Waals surface area contributed by atoms with E-state index in [1.807, 2.05) is 0 Å². The first-order valence-corrected chi connectivity index (χ1v) is 7.19. The number of carbonyl (C=O) groups excluding carboxylic acids is 2. The van der Waals surface area contributed by atoms with E-state index in [0.717, 1.165) is 0 Å². The van der Waals surface area contributed by atoms with Gasteiger partial charge in [0.1, 0.15) is 5.75 Å². The van der Waals surface area contributed by atoms with Gasteiger partial charge in [0, 0.05) is 17.8 Å². The lowest BCUT2D eigenvalue weighted by molar-refractivity contribution is -0.167. The lowest BCUT2D eigenvalue weighted by Crippen LogP contribution is -2.31. The summed E-state index contributed by atoms with van der Waals surface area (Å²) >= 11 is 0. The second-order valence-corrected chi connectivity index (χ2v) is 5.02. The summed E-state index contributed by atoms with van der Waals surface area (Å²) in [6.07, 6.45) is -4.99. The summed E-state index contributed by atoms with van der Waals surface area (Å²) in [6, 6.07) is 12.3. The van der Waals surface area contributed by atoms with Gasteiger partial charge in [0.25, 0.3) is 5.91 Å². The zero-order valence-corrected chi connectivity index (χ0v) is 13.2. The van der Waals surface area contributed by atoms with Crippen molar-refractivity contribution < 1.29 is 27.5 Å². The lowest BCUT2D eigenvalue weighted by Gasteiger charge is -2.13. The molecule has 0 fully saturated rings. The third-order valence-electron chi connectivity index (χ3n) is 3.31. The number of nitrogens with one attached hydrogen (secondary N) is 2. The summed E-state index contributed by atoms with van der Waals surface area (Å²) in [5.41, 5.74) is 0.708. The van der Waals surface area contributed by atoms with E-state index in [1.54, 1.807) is 35.6 Å². The quantitative estimate of drug-likeness (QED) is 0.869. The van der Waals surface area contributed by atoms with Crippen LogP contribution in [0.25, 0.3) is 0 Å². The average Bonchev–Trinajstić information content (AvgIpc) is 2.60. The zero-order valence-electron chi connectivity index (χ0n) is 13.2. The highest BCUT2D eigenvalue weighted by Gasteiger charge is 2.38. The summed E-state index contributed by atoms with van der Waals surface area (Å²) in [5, 5.41) is 4.39. The smallest absolute Gasteiger partial charge is 0.471 e. The molecule has 2 aromatic carbocycles. The highest BCUT2D eigenvalue weighted by atomic mass is 19.4. The standard InChI is InChI=1S/C17H15F3N2O3/c1-25-13-8-6-11(7-9-13)15(23)21-10-12-4-2-3-5-14(12)22-16(24)17(18,19)20/h2-9H,10H2,1H3,(H,21,23)(H,22,24). The van der Waals surface area contributed by atoms with E-state index in [4.69, 9.17) is 4.74 Å². The molecule has 0 aromatic heterocycles. The number of hydrogen-bond acceptors (Lipinski definition) is 3. The molecule has 0 heterocycles. The van der Waals surface area contributed by atoms with E-state index in [0.29, 0.717) is 16.9 Å². The second kappa shape index (κ2) is 7.69. The molecule has 2 aromatic rings. The molecule has 2 rings (SSSR count). The van der Waals surface area contributed by atoms with Crippen LogP contribution in [-0.4, -0.2) is 25.1 Å². The van der Waals surface area contributed by atoms with Gasteiger partial charge in [0.05, 0.1) is 7.11 Å². The van der Waals surface area contributed by atoms with Gasteiger partial charge in [-0.3, -0.25) is 9.59 Å². The van der Waals surface area contributed by atoms with Gasteiger partial charge in [-0.15, -0.1) is 0 Å². The Balaban J connectivity index is 2.05. The highest BCUT2D eigenvalue weighted by Crippen LogP contribution is 2.21. The van der Waals surface area contributed by atoms with Gasteiger partial charge in [-0.1, -0.05) is 18.2 Å². The van der Waals surface area contributed by atoms with Crippen LogP contribution in [0, 0.1) is 0 Å². The Morgan fingerprint density at radius 3 is 2.28 bits per heavy atom. The number of ether oxygens (including phenoxy) is 1. The number of amides is 2. The Bertz CT molecular complexity index is 758. The Kier molecular flexibility index (Phi) is 5.63. The van der Waals surface area contributed by atoms with E-state index in [-0.39, 0.29) is 12.2 Å². The summed E-state index contributed by atoms with van der Waals surface area (Å²) < 4.78 is 42.1. The van der Waals surface area contributed by atoms with Crippen LogP contribution in [0.3, 0.4) is 0 Å². The van der Waals surface area contributed by atoms with Crippen LogP contribution in [0.5, 0.6) is 5.75 Å². The fourth-order valence-corrected chi connectivity index (χ4v) is 2.01. The Morgan fingerprint density at radius 1 is 1.04 bits per heavy atom. The second-order valence-electron chi connectivity index (χ2n) is 5.02. The van der Waals surface area contributed by atoms with Crippen LogP contribution in [0.1, 0.15) is 15.9 Å². The number of rotatable bonds is 5. The van der Waals surface area contributed by atoms with Crippen LogP contribution in [-0.2, 0) is 11.3 Å². The van der Waals surface area contributed by atoms with Crippen molar-refractivity contribution in [1.29, 1.82) is 0 Å². The molecule has 132 valence electrons. The van der Waals surface area contributed by atoms with Crippen LogP contribution >= 0.6 is 0 Å². The molecule has 0 bridgehead atoms. The molecule has 0 radical (unpaired) electrons. The molecule has 0 aliphatic rings. The van der Waals surface area contributed by atoms with E-state index in [2.05, 4.69) is 5.32 Å². The minimum atomic E-state index is -4.99. The SMILES string of the molecule is COc1ccc(C(=O)NCc2ccccc2NC(=O)C(F)(F)F)cc1. The third kappa shape index (κ3) is 4.97. The van der Waals surface area contributed by atoms with Gasteiger partial charge >= 0.3 is 12.1 Å². The van der Waals surface area contributed by atoms with Crippen molar-refractivity contribution >= 4 is 17.5 Å². The predicted octanol–water partition coefficient (Wildman–Crippen LogP) is 3.13. The maximum Gasteiger partial charge on any atom is 0.471 e. The number of anilines is 1. The minimum absolute atomic E-state index is 0.0140. The first-order valence-electron chi connectivity index (χ1n) is 7.19. The molecule has 5 nitrogen and oxygen atoms in total. The number of benzene rings is 2. The highest BCUT2D eigenvalue weighted by molar-refractivity contribution is 5.96. The molecule has 0 saturated carbocycles. The molecular weight excluding hydrogens is 337 g/mol. The van der Waals surface area contributed by atoms with Crippen LogP contribution in [0.4, 0.5) is 18.9 Å². The van der Waals surface area contributed by atoms with E-state index in [1.165, 1.54) is 25.3 Å². The number of hydrogen-bond donors (Lipinski definition) is 2. The minimum Gasteiger partial charge on any atom is -0.497 e. The summed E-state index contributed by atoms with van der Waals surface area (Å²) in [5.74, 6) is -1.88. The molecule has 0 atom stereocenters. The molecule has 0 saturated heterocycles. The zero-order chi connectivity index (χ0) is 18.4. The molecule has 0 unspecified atom stereocenters. The molecule has 8 heteroatoms. The van der Waals surface area contributed by atoms with Crippen molar-refractivity contribution in [2.45, 2.75) is 12.7 Å². The van der Waals surface area contributed by atoms with Crippen molar-refractivity contribution in [3.63, 3.8) is 0 Å². The number of para-hydroxylation sites is 1. The number of alkyl halides is 3. The number of halogens is 3. The molecule has 0 aliphatic carbocycles. The molecular formula is C17H15F3N2O3. The monoisotopic (exact) mass is 352 g/mol. The first-order chi connectivity index (χ1) is 11.8. The summed E-state index contributed by atoms with van der Waals surface area (Å²) in [6.45, 7) is -0.0425. The number of carbonyl (C=O) groups is 2. The molecule has 0 spiro atoms. The van der Waals surface area contributed by atoms with Gasteiger partial charge in [-0.05, 0) is 35.9 Å². The van der Waals surface area contributed by atoms with Crippen LogP contribution in [0.2, 0.25) is 0 Å². The Morgan fingerprint density at radius 2 is 1.68 bits per heavy atom. The largest absolute Gasteiger partial charge is 0.497 e. The predicted molar refractivity (Wildman–Crippen MR) is 85.3 cm³/mol. The van der Waals surface area contributed by atoms with E-state index in [9.17, 15) is 22.8 Å². The summed E-state index contributed by atoms with van der Waals surface area (Å²) in [4.78, 5) is 23.2. The van der Waals surface area contributed by atoms with Crippen molar-refractivity contribution in [2.24, 2.45) is 0 Å². The van der Waals surface area contributed by atoms with Crippen molar-refractivity contribution in [2.75, 3.05) is 12.4 Å². The van der Waals surface area contributed by atoms with Gasteiger partial charge in [-0.25, -0.2) is 0 Å². The topological polar surface area (TPSA) is 67.4 Å². The normalized spacial score (nSPS) is 10.9. The number of methoxy groups -OCH3 is 1. The fraction of sp³-hybridized carbons (Fsp3) is 0.176. The van der Waals surface area contributed by atoms with Gasteiger partial charge in [-0.2, -0.15) is 13.2 Å². The van der Waals surface area contributed by atoms with Gasteiger partial charge in [0.15, 0.2) is 0 Å². The molecule has 2 amide bonds. The maximum atomic E-state index is 12.4. The fourth-order valence-electron chi connectivity index (χ4n) is 2.01. The van der Waals surface area contributed by atoms with Crippen molar-refractivity contribution in [1.82, 2.24) is 5.32 Å². The van der Waals surface area contributed by atoms with Gasteiger partial charge in [0.2, 0.25) is 0 Å². The van der Waals surface area contributed by atoms with E-state index < -0.39 is 18.0 Å². The van der Waals surface area contributed by atoms with Gasteiger partial charge < -0.3 is 15.4 Å². The van der Waals surface area contributed by atoms with Crippen LogP contribution < -0.4 is 15.4 Å². The maximum absolute atomic E-state index is 12.4. The molecule has 25 heavy (non-hydrogen) atoms. The average molecular weight is 352 g/mol. The molecule has 0 aliphatic heterocycles. The van der Waals surface area contributed by atoms with E-state index >= 15 is 0 Å². The van der Waals surface area contributed by atoms with Crippen molar-refractivity contribution in [3.8, 4) is 5.75 Å².